The van der Waals surface area contributed by atoms with Crippen molar-refractivity contribution in [1.82, 2.24) is 20.4 Å². The molecule has 0 aliphatic carbocycles. The summed E-state index contributed by atoms with van der Waals surface area (Å²) < 4.78 is 30.8. The van der Waals surface area contributed by atoms with Crippen LogP contribution in [0.1, 0.15) is 17.9 Å². The number of hydrogen-bond acceptors (Lipinski definition) is 7. The lowest BCUT2D eigenvalue weighted by Crippen LogP contribution is -2.53. The van der Waals surface area contributed by atoms with E-state index in [4.69, 9.17) is 13.9 Å². The van der Waals surface area contributed by atoms with E-state index in [1.165, 1.54) is 6.07 Å². The number of carbonyl (C=O) groups excluding carboxylic acids is 1. The van der Waals surface area contributed by atoms with Gasteiger partial charge in [-0.3, -0.25) is 0 Å². The van der Waals surface area contributed by atoms with Crippen molar-refractivity contribution in [2.75, 3.05) is 26.2 Å². The number of benzene rings is 2. The minimum absolute atomic E-state index is 0.0681. The van der Waals surface area contributed by atoms with Crippen LogP contribution >= 0.6 is 0 Å². The summed E-state index contributed by atoms with van der Waals surface area (Å²) in [5.41, 5.74) is 1.19. The quantitative estimate of drug-likeness (QED) is 0.601. The first-order valence-electron chi connectivity index (χ1n) is 10.5. The Labute approximate surface area is 185 Å². The molecule has 0 saturated carbocycles. The lowest BCUT2D eigenvalue weighted by molar-refractivity contribution is 0.0827. The fraction of sp³-hybridized carbons (Fsp3) is 0.348. The number of aromatic nitrogens is 2. The van der Waals surface area contributed by atoms with E-state index < -0.39 is 5.82 Å². The first kappa shape index (κ1) is 21.8. The van der Waals surface area contributed by atoms with Crippen LogP contribution in [0.15, 0.2) is 52.9 Å². The van der Waals surface area contributed by atoms with Gasteiger partial charge in [0.2, 0.25) is 5.89 Å². The summed E-state index contributed by atoms with van der Waals surface area (Å²) in [6.07, 6.45) is 0.338. The second kappa shape index (κ2) is 10.2. The highest BCUT2D eigenvalue weighted by atomic mass is 19.1. The molecule has 0 spiro atoms. The Morgan fingerprint density at radius 1 is 1.25 bits per heavy atom. The van der Waals surface area contributed by atoms with Gasteiger partial charge in [0.25, 0.3) is 5.89 Å². The van der Waals surface area contributed by atoms with E-state index in [9.17, 15) is 9.18 Å². The number of halogens is 1. The molecule has 168 valence electrons. The number of nitrogens with zero attached hydrogens (tertiary/aromatic N) is 3. The Morgan fingerprint density at radius 2 is 2.09 bits per heavy atom. The van der Waals surface area contributed by atoms with Crippen molar-refractivity contribution in [2.24, 2.45) is 0 Å². The third-order valence-electron chi connectivity index (χ3n) is 5.15. The molecule has 2 heterocycles. The highest BCUT2D eigenvalue weighted by Gasteiger charge is 2.24. The zero-order valence-corrected chi connectivity index (χ0v) is 17.8. The van der Waals surface area contributed by atoms with E-state index in [0.29, 0.717) is 44.3 Å². The predicted molar refractivity (Wildman–Crippen MR) is 115 cm³/mol. The van der Waals surface area contributed by atoms with Crippen molar-refractivity contribution in [3.05, 3.63) is 65.8 Å². The Kier molecular flexibility index (Phi) is 6.96. The van der Waals surface area contributed by atoms with Gasteiger partial charge >= 0.3 is 6.09 Å². The van der Waals surface area contributed by atoms with Crippen molar-refractivity contribution in [3.63, 3.8) is 0 Å². The first-order valence-corrected chi connectivity index (χ1v) is 10.5. The Morgan fingerprint density at radius 3 is 2.84 bits per heavy atom. The number of nitrogens with one attached hydrogen (secondary N) is 1. The van der Waals surface area contributed by atoms with E-state index in [1.54, 1.807) is 24.0 Å². The van der Waals surface area contributed by atoms with Crippen LogP contribution in [0.5, 0.6) is 5.75 Å². The van der Waals surface area contributed by atoms with Crippen LogP contribution in [-0.2, 0) is 11.3 Å². The number of aryl methyl sites for hydroxylation is 1. The van der Waals surface area contributed by atoms with Gasteiger partial charge in [-0.15, -0.1) is 10.2 Å². The number of piperazine rings is 1. The normalized spacial score (nSPS) is 16.1. The zero-order valence-electron chi connectivity index (χ0n) is 17.8. The van der Waals surface area contributed by atoms with Gasteiger partial charge in [0.15, 0.2) is 0 Å². The van der Waals surface area contributed by atoms with Crippen LogP contribution in [0.25, 0.3) is 11.5 Å². The van der Waals surface area contributed by atoms with E-state index in [-0.39, 0.29) is 30.2 Å². The van der Waals surface area contributed by atoms with Crippen LogP contribution in [0, 0.1) is 12.7 Å². The molecule has 8 nitrogen and oxygen atoms in total. The summed E-state index contributed by atoms with van der Waals surface area (Å²) in [5, 5.41) is 10.9. The summed E-state index contributed by atoms with van der Waals surface area (Å²) in [5.74, 6) is 0.432. The van der Waals surface area contributed by atoms with Crippen molar-refractivity contribution in [3.8, 4) is 17.2 Å². The average Bonchev–Trinajstić information content (AvgIpc) is 3.24. The molecule has 1 aromatic heterocycles. The van der Waals surface area contributed by atoms with E-state index in [2.05, 4.69) is 15.5 Å². The number of ether oxygens (including phenoxy) is 2. The van der Waals surface area contributed by atoms with Crippen molar-refractivity contribution < 1.29 is 23.1 Å². The second-order valence-electron chi connectivity index (χ2n) is 7.54. The number of rotatable bonds is 7. The molecule has 32 heavy (non-hydrogen) atoms. The van der Waals surface area contributed by atoms with Gasteiger partial charge in [0, 0.05) is 38.7 Å². The number of carbonyl (C=O) groups is 1. The van der Waals surface area contributed by atoms with Gasteiger partial charge in [-0.25, -0.2) is 9.18 Å². The lowest BCUT2D eigenvalue weighted by atomic mass is 10.1. The molecule has 4 rings (SSSR count). The minimum atomic E-state index is -0.491. The van der Waals surface area contributed by atoms with E-state index >= 15 is 0 Å². The van der Waals surface area contributed by atoms with Crippen molar-refractivity contribution >= 4 is 6.09 Å². The van der Waals surface area contributed by atoms with Crippen LogP contribution in [0.4, 0.5) is 9.18 Å². The second-order valence-corrected chi connectivity index (χ2v) is 7.54. The molecule has 0 unspecified atom stereocenters. The lowest BCUT2D eigenvalue weighted by Gasteiger charge is -2.33. The molecule has 1 aliphatic heterocycles. The largest absolute Gasteiger partial charge is 0.493 e. The van der Waals surface area contributed by atoms with Crippen molar-refractivity contribution in [2.45, 2.75) is 26.0 Å². The summed E-state index contributed by atoms with van der Waals surface area (Å²) in [6.45, 7) is 4.08. The Hall–Kier alpha value is -3.46. The molecule has 9 heteroatoms. The van der Waals surface area contributed by atoms with Gasteiger partial charge in [-0.2, -0.15) is 0 Å². The Balaban J connectivity index is 1.23. The third kappa shape index (κ3) is 5.61. The average molecular weight is 440 g/mol. The maximum atomic E-state index is 14.4. The van der Waals surface area contributed by atoms with Gasteiger partial charge < -0.3 is 24.1 Å². The van der Waals surface area contributed by atoms with Gasteiger partial charge in [0.05, 0.1) is 12.2 Å². The Bertz CT molecular complexity index is 1040. The highest BCUT2D eigenvalue weighted by Crippen LogP contribution is 2.25. The fourth-order valence-corrected chi connectivity index (χ4v) is 3.48. The number of amides is 1. The third-order valence-corrected chi connectivity index (χ3v) is 5.15. The smallest absolute Gasteiger partial charge is 0.410 e. The monoisotopic (exact) mass is 440 g/mol. The topological polar surface area (TPSA) is 89.7 Å². The maximum absolute atomic E-state index is 14.4. The molecule has 0 bridgehead atoms. The minimum Gasteiger partial charge on any atom is -0.493 e. The predicted octanol–water partition coefficient (Wildman–Crippen LogP) is 3.56. The summed E-state index contributed by atoms with van der Waals surface area (Å²) in [6, 6.07) is 14.2. The summed E-state index contributed by atoms with van der Waals surface area (Å²) in [4.78, 5) is 14.1. The molecule has 2 aromatic carbocycles. The molecule has 1 aliphatic rings. The SMILES string of the molecule is Cc1nnc(-c2ccc(OCC[C@@H]3CN(C(=O)OCc4ccccc4)CCN3)cc2F)o1. The molecule has 1 amide bonds. The molecule has 1 saturated heterocycles. The molecule has 1 N–H and O–H groups in total. The van der Waals surface area contributed by atoms with Gasteiger partial charge in [-0.1, -0.05) is 30.3 Å². The summed E-state index contributed by atoms with van der Waals surface area (Å²) >= 11 is 0. The van der Waals surface area contributed by atoms with Crippen LogP contribution < -0.4 is 10.1 Å². The van der Waals surface area contributed by atoms with E-state index in [1.807, 2.05) is 30.3 Å². The first-order chi connectivity index (χ1) is 15.6. The standard InChI is InChI=1S/C23H25FN4O4/c1-16-26-27-22(32-16)20-8-7-19(13-21(20)24)30-12-9-18-14-28(11-10-25-18)23(29)31-15-17-5-3-2-4-6-17/h2-8,13,18,25H,9-12,14-15H2,1H3/t18-/m1/s1. The van der Waals surface area contributed by atoms with Crippen LogP contribution in [0.2, 0.25) is 0 Å². The van der Waals surface area contributed by atoms with E-state index in [0.717, 1.165) is 5.56 Å². The highest BCUT2D eigenvalue weighted by molar-refractivity contribution is 5.67. The molecule has 1 fully saturated rings. The maximum Gasteiger partial charge on any atom is 0.410 e. The fourth-order valence-electron chi connectivity index (χ4n) is 3.48. The molecular weight excluding hydrogens is 415 g/mol. The molecule has 0 radical (unpaired) electrons. The van der Waals surface area contributed by atoms with Crippen molar-refractivity contribution in [1.29, 1.82) is 0 Å². The molecule has 1 atom stereocenters. The van der Waals surface area contributed by atoms with Crippen LogP contribution in [0.3, 0.4) is 0 Å². The molecular formula is C23H25FN4O4. The molecule has 3 aromatic rings. The zero-order chi connectivity index (χ0) is 22.3. The van der Waals surface area contributed by atoms with Gasteiger partial charge in [-0.05, 0) is 24.1 Å². The van der Waals surface area contributed by atoms with Gasteiger partial charge in [0.1, 0.15) is 18.2 Å². The number of hydrogen-bond donors (Lipinski definition) is 1. The summed E-state index contributed by atoms with van der Waals surface area (Å²) in [7, 11) is 0. The van der Waals surface area contributed by atoms with Crippen LogP contribution in [-0.4, -0.2) is 53.5 Å².